The van der Waals surface area contributed by atoms with Crippen molar-refractivity contribution in [3.05, 3.63) is 41.4 Å². The number of carbonyl (C=O) groups excluding carboxylic acids is 1. The molecule has 1 saturated carbocycles. The Morgan fingerprint density at radius 1 is 1.21 bits per heavy atom. The molecule has 1 saturated heterocycles. The minimum absolute atomic E-state index is 0.00974. The normalized spacial score (nSPS) is 20.6. The number of nitrogens with zero attached hydrogens (tertiary/aromatic N) is 2. The predicted octanol–water partition coefficient (Wildman–Crippen LogP) is 5.65. The Balaban J connectivity index is 0.000000890. The van der Waals surface area contributed by atoms with E-state index in [-0.39, 0.29) is 12.0 Å². The van der Waals surface area contributed by atoms with Crippen LogP contribution in [0.2, 0.25) is 0 Å². The molecule has 0 bridgehead atoms. The molecule has 2 unspecified atom stereocenters. The summed E-state index contributed by atoms with van der Waals surface area (Å²) in [5, 5.41) is 3.40. The van der Waals surface area contributed by atoms with E-state index >= 15 is 0 Å². The van der Waals surface area contributed by atoms with Crippen LogP contribution in [0.3, 0.4) is 0 Å². The van der Waals surface area contributed by atoms with Gasteiger partial charge in [-0.15, -0.1) is 0 Å². The Labute approximate surface area is 201 Å². The van der Waals surface area contributed by atoms with Crippen LogP contribution < -0.4 is 5.32 Å². The summed E-state index contributed by atoms with van der Waals surface area (Å²) in [6.07, 6.45) is 14.9. The lowest BCUT2D eigenvalue weighted by molar-refractivity contribution is -0.0238. The van der Waals surface area contributed by atoms with Crippen molar-refractivity contribution in [3.63, 3.8) is 0 Å². The molecule has 1 aromatic heterocycles. The van der Waals surface area contributed by atoms with Gasteiger partial charge < -0.3 is 14.8 Å². The van der Waals surface area contributed by atoms with Gasteiger partial charge in [0.05, 0.1) is 36.6 Å². The zero-order chi connectivity index (χ0) is 24.1. The van der Waals surface area contributed by atoms with Crippen LogP contribution in [0.4, 0.5) is 0 Å². The van der Waals surface area contributed by atoms with Crippen LogP contribution >= 0.6 is 0 Å². The molecular weight excluding hydrogens is 414 g/mol. The number of carbonyl (C=O) groups is 1. The summed E-state index contributed by atoms with van der Waals surface area (Å²) < 4.78 is 11.1. The van der Waals surface area contributed by atoms with E-state index in [2.05, 4.69) is 42.2 Å². The maximum absolute atomic E-state index is 11.7. The molecule has 33 heavy (non-hydrogen) atoms. The number of rotatable bonds is 9. The van der Waals surface area contributed by atoms with Crippen LogP contribution in [0.15, 0.2) is 30.1 Å². The second-order valence-corrected chi connectivity index (χ2v) is 9.38. The molecule has 2 fully saturated rings. The number of unbranched alkanes of at least 4 members (excludes halogenated alkanes) is 1. The van der Waals surface area contributed by atoms with Crippen LogP contribution in [-0.4, -0.2) is 54.8 Å². The summed E-state index contributed by atoms with van der Waals surface area (Å²) >= 11 is 0. The molecule has 6 nitrogen and oxygen atoms in total. The molecule has 6 heteroatoms. The zero-order valence-corrected chi connectivity index (χ0v) is 21.4. The van der Waals surface area contributed by atoms with Crippen molar-refractivity contribution in [2.75, 3.05) is 26.7 Å². The van der Waals surface area contributed by atoms with Crippen molar-refractivity contribution in [3.8, 4) is 0 Å². The zero-order valence-electron chi connectivity index (χ0n) is 21.4. The highest BCUT2D eigenvalue weighted by atomic mass is 16.5. The van der Waals surface area contributed by atoms with Crippen molar-refractivity contribution >= 4 is 5.97 Å². The van der Waals surface area contributed by atoms with Gasteiger partial charge in [0.2, 0.25) is 0 Å². The van der Waals surface area contributed by atoms with E-state index in [4.69, 9.17) is 9.47 Å². The molecule has 1 N–H and O–H groups in total. The summed E-state index contributed by atoms with van der Waals surface area (Å²) in [4.78, 5) is 18.6. The van der Waals surface area contributed by atoms with Crippen molar-refractivity contribution in [1.82, 2.24) is 15.2 Å². The van der Waals surface area contributed by atoms with Gasteiger partial charge in [0.25, 0.3) is 0 Å². The second-order valence-electron chi connectivity index (χ2n) is 9.38. The molecule has 0 radical (unpaired) electrons. The number of hydrogen-bond acceptors (Lipinski definition) is 6. The first-order chi connectivity index (χ1) is 16.0. The number of hydrogen-bond donors (Lipinski definition) is 1. The molecule has 3 rings (SSSR count). The molecule has 1 aliphatic heterocycles. The highest BCUT2D eigenvalue weighted by Gasteiger charge is 2.26. The Morgan fingerprint density at radius 3 is 2.61 bits per heavy atom. The van der Waals surface area contributed by atoms with Crippen molar-refractivity contribution in [2.24, 2.45) is 0 Å². The van der Waals surface area contributed by atoms with E-state index in [1.54, 1.807) is 18.3 Å². The van der Waals surface area contributed by atoms with Gasteiger partial charge >= 0.3 is 5.97 Å². The molecule has 186 valence electrons. The Kier molecular flexibility index (Phi) is 12.5. The summed E-state index contributed by atoms with van der Waals surface area (Å²) in [7, 11) is 1.39. The van der Waals surface area contributed by atoms with Crippen LogP contribution in [0.1, 0.15) is 101 Å². The Morgan fingerprint density at radius 2 is 1.94 bits per heavy atom. The highest BCUT2D eigenvalue weighted by molar-refractivity contribution is 5.89. The third kappa shape index (κ3) is 9.85. The summed E-state index contributed by atoms with van der Waals surface area (Å²) in [5.41, 5.74) is 2.62. The number of aromatic nitrogens is 1. The summed E-state index contributed by atoms with van der Waals surface area (Å²) in [5.74, 6) is -0.341. The van der Waals surface area contributed by atoms with Crippen LogP contribution in [0, 0.1) is 0 Å². The maximum atomic E-state index is 11.7. The average molecular weight is 460 g/mol. The monoisotopic (exact) mass is 459 g/mol. The largest absolute Gasteiger partial charge is 0.465 e. The maximum Gasteiger partial charge on any atom is 0.337 e. The van der Waals surface area contributed by atoms with Crippen molar-refractivity contribution in [2.45, 2.75) is 97.3 Å². The summed E-state index contributed by atoms with van der Waals surface area (Å²) in [6.45, 7) is 11.6. The standard InChI is InChI=1S/C23H35N3O3.C4H10/c1-17(14-25-18(2)22-13-19(9-11-24-22)23(27)28-3)15-26-12-10-21(16-26)29-20-7-5-4-6-8-20;1-3-4-2/h9,11,13-14,18,20-21,25H,4-8,10,12,15-16H2,1-3H3;3-4H2,1-2H3/b17-14+;. The fourth-order valence-corrected chi connectivity index (χ4v) is 4.21. The predicted molar refractivity (Wildman–Crippen MR) is 134 cm³/mol. The fourth-order valence-electron chi connectivity index (χ4n) is 4.21. The van der Waals surface area contributed by atoms with Gasteiger partial charge in [0, 0.05) is 25.8 Å². The molecule has 0 spiro atoms. The van der Waals surface area contributed by atoms with E-state index in [9.17, 15) is 4.79 Å². The van der Waals surface area contributed by atoms with Crippen molar-refractivity contribution < 1.29 is 14.3 Å². The Bertz CT molecular complexity index is 729. The topological polar surface area (TPSA) is 63.7 Å². The number of ether oxygens (including phenoxy) is 2. The third-order valence-corrected chi connectivity index (χ3v) is 6.36. The number of nitrogens with one attached hydrogen (secondary N) is 1. The highest BCUT2D eigenvalue weighted by Crippen LogP contribution is 2.24. The average Bonchev–Trinajstić information content (AvgIpc) is 3.29. The van der Waals surface area contributed by atoms with Gasteiger partial charge in [-0.2, -0.15) is 0 Å². The third-order valence-electron chi connectivity index (χ3n) is 6.36. The SMILES string of the molecule is CCCC.COC(=O)c1ccnc(C(C)N/C=C(\C)CN2CCC(OC3CCCCC3)C2)c1. The first-order valence-corrected chi connectivity index (χ1v) is 12.8. The smallest absolute Gasteiger partial charge is 0.337 e. The van der Waals surface area contributed by atoms with Gasteiger partial charge in [-0.05, 0) is 57.0 Å². The minimum Gasteiger partial charge on any atom is -0.465 e. The van der Waals surface area contributed by atoms with Crippen LogP contribution in [-0.2, 0) is 9.47 Å². The van der Waals surface area contributed by atoms with Gasteiger partial charge in [-0.3, -0.25) is 9.88 Å². The molecule has 2 aliphatic rings. The number of likely N-dealkylation sites (tertiary alicyclic amines) is 1. The molecule has 1 aliphatic carbocycles. The van der Waals surface area contributed by atoms with Crippen LogP contribution in [0.25, 0.3) is 0 Å². The number of esters is 1. The minimum atomic E-state index is -0.341. The molecule has 0 aromatic carbocycles. The van der Waals surface area contributed by atoms with Gasteiger partial charge in [0.15, 0.2) is 0 Å². The van der Waals surface area contributed by atoms with Gasteiger partial charge in [0.1, 0.15) is 0 Å². The van der Waals surface area contributed by atoms with Crippen LogP contribution in [0.5, 0.6) is 0 Å². The van der Waals surface area contributed by atoms with E-state index < -0.39 is 0 Å². The summed E-state index contributed by atoms with van der Waals surface area (Å²) in [6, 6.07) is 3.46. The lowest BCUT2D eigenvalue weighted by Crippen LogP contribution is -2.29. The van der Waals surface area contributed by atoms with Gasteiger partial charge in [-0.25, -0.2) is 4.79 Å². The van der Waals surface area contributed by atoms with E-state index in [1.165, 1.54) is 57.6 Å². The van der Waals surface area contributed by atoms with E-state index in [0.717, 1.165) is 31.7 Å². The first kappa shape index (κ1) is 27.3. The lowest BCUT2D eigenvalue weighted by atomic mass is 9.97. The van der Waals surface area contributed by atoms with Gasteiger partial charge in [-0.1, -0.05) is 46.0 Å². The molecular formula is C27H45N3O3. The Hall–Kier alpha value is -1.92. The van der Waals surface area contributed by atoms with Crippen molar-refractivity contribution in [1.29, 1.82) is 0 Å². The van der Waals surface area contributed by atoms with E-state index in [1.807, 2.05) is 6.92 Å². The molecule has 0 amide bonds. The lowest BCUT2D eigenvalue weighted by Gasteiger charge is -2.25. The fraction of sp³-hybridized carbons (Fsp3) is 0.704. The molecule has 1 aromatic rings. The first-order valence-electron chi connectivity index (χ1n) is 12.8. The number of methoxy groups -OCH3 is 1. The second kappa shape index (κ2) is 15.1. The number of pyridine rings is 1. The molecule has 2 heterocycles. The molecule has 2 atom stereocenters. The van der Waals surface area contributed by atoms with E-state index in [0.29, 0.717) is 17.8 Å². The quantitative estimate of drug-likeness (QED) is 0.481.